The molecule has 0 saturated heterocycles. The number of rotatable bonds is 5. The highest BCUT2D eigenvalue weighted by atomic mass is 35.5. The second-order valence-corrected chi connectivity index (χ2v) is 8.20. The van der Waals surface area contributed by atoms with E-state index in [-0.39, 0.29) is 5.91 Å². The number of amides is 1. The minimum absolute atomic E-state index is 0.309. The van der Waals surface area contributed by atoms with Gasteiger partial charge in [0.1, 0.15) is 11.3 Å². The lowest BCUT2D eigenvalue weighted by molar-refractivity contribution is -0.111. The largest absolute Gasteiger partial charge is 0.495 e. The van der Waals surface area contributed by atoms with Gasteiger partial charge in [0.05, 0.1) is 12.1 Å². The van der Waals surface area contributed by atoms with Crippen molar-refractivity contribution in [3.05, 3.63) is 81.3 Å². The van der Waals surface area contributed by atoms with Crippen molar-refractivity contribution < 1.29 is 13.9 Å². The second kappa shape index (κ2) is 9.07. The molecule has 0 unspecified atom stereocenters. The Labute approximate surface area is 195 Å². The number of oxazole rings is 1. The molecule has 32 heavy (non-hydrogen) atoms. The predicted octanol–water partition coefficient (Wildman–Crippen LogP) is 7.08. The first-order valence-electron chi connectivity index (χ1n) is 9.84. The first-order chi connectivity index (χ1) is 15.3. The molecule has 0 aliphatic heterocycles. The molecule has 0 radical (unpaired) electrons. The molecule has 7 heteroatoms. The van der Waals surface area contributed by atoms with E-state index in [9.17, 15) is 4.79 Å². The van der Waals surface area contributed by atoms with E-state index in [1.54, 1.807) is 18.2 Å². The number of ether oxygens (including phenoxy) is 1. The summed E-state index contributed by atoms with van der Waals surface area (Å²) in [6.07, 6.45) is 3.01. The highest BCUT2D eigenvalue weighted by Crippen LogP contribution is 2.33. The molecule has 0 spiro atoms. The quantitative estimate of drug-likeness (QED) is 0.319. The number of nitrogens with one attached hydrogen (secondary N) is 1. The Balaban J connectivity index is 1.58. The Hall–Kier alpha value is -3.28. The van der Waals surface area contributed by atoms with E-state index in [0.29, 0.717) is 38.5 Å². The molecule has 0 fully saturated rings. The van der Waals surface area contributed by atoms with Gasteiger partial charge in [-0.05, 0) is 67.4 Å². The molecule has 162 valence electrons. The van der Waals surface area contributed by atoms with Gasteiger partial charge in [-0.3, -0.25) is 4.79 Å². The number of anilines is 1. The first kappa shape index (κ1) is 21.9. The molecule has 1 N–H and O–H groups in total. The van der Waals surface area contributed by atoms with Gasteiger partial charge in [-0.25, -0.2) is 4.98 Å². The Morgan fingerprint density at radius 2 is 1.91 bits per heavy atom. The van der Waals surface area contributed by atoms with Crippen molar-refractivity contribution in [2.75, 3.05) is 12.4 Å². The van der Waals surface area contributed by atoms with E-state index >= 15 is 0 Å². The highest BCUT2D eigenvalue weighted by molar-refractivity contribution is 6.36. The molecule has 0 bridgehead atoms. The maximum absolute atomic E-state index is 12.6. The summed E-state index contributed by atoms with van der Waals surface area (Å²) in [5.74, 6) is 0.635. The highest BCUT2D eigenvalue weighted by Gasteiger charge is 2.12. The zero-order valence-electron chi connectivity index (χ0n) is 17.7. The number of aryl methyl sites for hydroxylation is 2. The van der Waals surface area contributed by atoms with E-state index in [1.807, 2.05) is 50.2 Å². The van der Waals surface area contributed by atoms with Crippen LogP contribution in [-0.2, 0) is 4.79 Å². The van der Waals surface area contributed by atoms with Crippen LogP contribution in [0.15, 0.2) is 59.0 Å². The van der Waals surface area contributed by atoms with Crippen molar-refractivity contribution in [3.63, 3.8) is 0 Å². The third kappa shape index (κ3) is 4.64. The van der Waals surface area contributed by atoms with Crippen molar-refractivity contribution in [2.24, 2.45) is 0 Å². The summed E-state index contributed by atoms with van der Waals surface area (Å²) < 4.78 is 11.2. The van der Waals surface area contributed by atoms with Crippen LogP contribution in [0.4, 0.5) is 5.69 Å². The summed E-state index contributed by atoms with van der Waals surface area (Å²) in [5, 5.41) is 3.72. The zero-order chi connectivity index (χ0) is 22.8. The van der Waals surface area contributed by atoms with Gasteiger partial charge in [-0.15, -0.1) is 0 Å². The van der Waals surface area contributed by atoms with Crippen molar-refractivity contribution in [1.82, 2.24) is 4.98 Å². The summed E-state index contributed by atoms with van der Waals surface area (Å²) in [6, 6.07) is 14.8. The van der Waals surface area contributed by atoms with Gasteiger partial charge in [0.25, 0.3) is 0 Å². The number of hydrogen-bond donors (Lipinski definition) is 1. The van der Waals surface area contributed by atoms with Crippen LogP contribution in [0.5, 0.6) is 5.75 Å². The maximum Gasteiger partial charge on any atom is 0.248 e. The molecule has 0 aliphatic carbocycles. The number of benzene rings is 3. The van der Waals surface area contributed by atoms with E-state index < -0.39 is 0 Å². The summed E-state index contributed by atoms with van der Waals surface area (Å²) >= 11 is 12.2. The van der Waals surface area contributed by atoms with Gasteiger partial charge < -0.3 is 14.5 Å². The van der Waals surface area contributed by atoms with Crippen LogP contribution in [0.1, 0.15) is 16.7 Å². The number of carbonyl (C=O) groups is 1. The molecule has 1 aromatic heterocycles. The van der Waals surface area contributed by atoms with E-state index in [1.165, 1.54) is 13.2 Å². The Morgan fingerprint density at radius 1 is 1.09 bits per heavy atom. The van der Waals surface area contributed by atoms with Gasteiger partial charge >= 0.3 is 0 Å². The van der Waals surface area contributed by atoms with Gasteiger partial charge in [0.15, 0.2) is 5.58 Å². The van der Waals surface area contributed by atoms with Crippen LogP contribution in [0.25, 0.3) is 28.6 Å². The summed E-state index contributed by atoms with van der Waals surface area (Å²) in [5.41, 5.74) is 5.56. The van der Waals surface area contributed by atoms with E-state index in [2.05, 4.69) is 10.3 Å². The molecule has 0 atom stereocenters. The minimum Gasteiger partial charge on any atom is -0.495 e. The molecule has 3 aromatic carbocycles. The molecule has 0 saturated carbocycles. The maximum atomic E-state index is 12.6. The fourth-order valence-electron chi connectivity index (χ4n) is 3.31. The molecular formula is C25H20Cl2N2O3. The van der Waals surface area contributed by atoms with Crippen LogP contribution in [0, 0.1) is 13.8 Å². The van der Waals surface area contributed by atoms with Gasteiger partial charge in [0, 0.05) is 27.9 Å². The Bertz CT molecular complexity index is 1360. The van der Waals surface area contributed by atoms with Crippen molar-refractivity contribution in [1.29, 1.82) is 0 Å². The van der Waals surface area contributed by atoms with Crippen molar-refractivity contribution in [3.8, 4) is 17.2 Å². The number of fused-ring (bicyclic) bond motifs is 1. The lowest BCUT2D eigenvalue weighted by atomic mass is 10.1. The number of halogens is 2. The smallest absolute Gasteiger partial charge is 0.248 e. The third-order valence-corrected chi connectivity index (χ3v) is 5.44. The lowest BCUT2D eigenvalue weighted by Crippen LogP contribution is -2.09. The van der Waals surface area contributed by atoms with Gasteiger partial charge in [0.2, 0.25) is 11.8 Å². The zero-order valence-corrected chi connectivity index (χ0v) is 19.2. The van der Waals surface area contributed by atoms with Crippen LogP contribution in [0.3, 0.4) is 0 Å². The topological polar surface area (TPSA) is 64.4 Å². The average Bonchev–Trinajstić information content (AvgIpc) is 3.16. The van der Waals surface area contributed by atoms with Crippen LogP contribution < -0.4 is 10.1 Å². The lowest BCUT2D eigenvalue weighted by Gasteiger charge is -2.09. The number of nitrogens with zero attached hydrogens (tertiary/aromatic N) is 1. The summed E-state index contributed by atoms with van der Waals surface area (Å²) in [6.45, 7) is 3.92. The normalized spacial score (nSPS) is 11.3. The van der Waals surface area contributed by atoms with Crippen molar-refractivity contribution in [2.45, 2.75) is 13.8 Å². The third-order valence-electron chi connectivity index (χ3n) is 4.94. The predicted molar refractivity (Wildman–Crippen MR) is 130 cm³/mol. The Morgan fingerprint density at radius 3 is 2.69 bits per heavy atom. The number of hydrogen-bond acceptors (Lipinski definition) is 4. The molecule has 1 heterocycles. The Kier molecular flexibility index (Phi) is 6.21. The molecule has 4 aromatic rings. The van der Waals surface area contributed by atoms with E-state index in [0.717, 1.165) is 22.2 Å². The first-order valence-corrected chi connectivity index (χ1v) is 10.6. The standard InChI is InChI=1S/C25H20Cl2N2O3/c1-14-4-8-22-21(10-14)29-25(32-22)17-6-5-15(2)20(12-17)28-23(30)9-7-16-11-18(26)13-19(27)24(16)31-3/h4-13H,1-3H3,(H,28,30). The minimum atomic E-state index is -0.309. The van der Waals surface area contributed by atoms with Gasteiger partial charge in [-0.2, -0.15) is 0 Å². The fraction of sp³-hybridized carbons (Fsp3) is 0.120. The summed E-state index contributed by atoms with van der Waals surface area (Å²) in [7, 11) is 1.51. The van der Waals surface area contributed by atoms with Crippen LogP contribution in [-0.4, -0.2) is 18.0 Å². The van der Waals surface area contributed by atoms with Gasteiger partial charge in [-0.1, -0.05) is 35.3 Å². The number of methoxy groups -OCH3 is 1. The van der Waals surface area contributed by atoms with E-state index in [4.69, 9.17) is 32.4 Å². The SMILES string of the molecule is COc1c(Cl)cc(Cl)cc1C=CC(=O)Nc1cc(-c2nc3cc(C)ccc3o2)ccc1C. The number of aromatic nitrogens is 1. The molecule has 5 nitrogen and oxygen atoms in total. The molecule has 4 rings (SSSR count). The fourth-order valence-corrected chi connectivity index (χ4v) is 3.90. The van der Waals surface area contributed by atoms with Crippen LogP contribution >= 0.6 is 23.2 Å². The molecular weight excluding hydrogens is 447 g/mol. The molecule has 0 aliphatic rings. The molecule has 1 amide bonds. The number of carbonyl (C=O) groups excluding carboxylic acids is 1. The van der Waals surface area contributed by atoms with Crippen LogP contribution in [0.2, 0.25) is 10.0 Å². The summed E-state index contributed by atoms with van der Waals surface area (Å²) in [4.78, 5) is 17.2. The van der Waals surface area contributed by atoms with Crippen molar-refractivity contribution >= 4 is 52.0 Å². The second-order valence-electron chi connectivity index (χ2n) is 7.35. The monoisotopic (exact) mass is 466 g/mol. The average molecular weight is 467 g/mol.